The minimum Gasteiger partial charge on any atom is -0.435 e. The molecule has 7 nitrogen and oxygen atoms in total. The fraction of sp³-hybridized carbons (Fsp3) is 0.381. The van der Waals surface area contributed by atoms with Crippen LogP contribution < -0.4 is 15.4 Å². The van der Waals surface area contributed by atoms with Gasteiger partial charge < -0.3 is 15.4 Å². The summed E-state index contributed by atoms with van der Waals surface area (Å²) in [6.45, 7) is -0.201. The van der Waals surface area contributed by atoms with Crippen LogP contribution in [0.2, 0.25) is 0 Å². The van der Waals surface area contributed by atoms with Crippen molar-refractivity contribution < 1.29 is 26.7 Å². The van der Waals surface area contributed by atoms with Crippen molar-refractivity contribution >= 4 is 27.3 Å². The molecule has 168 valence electrons. The van der Waals surface area contributed by atoms with E-state index in [9.17, 15) is 22.0 Å². The average molecular weight is 454 g/mol. The Balaban J connectivity index is 1.62. The lowest BCUT2D eigenvalue weighted by Crippen LogP contribution is -2.35. The molecule has 2 N–H and O–H groups in total. The van der Waals surface area contributed by atoms with E-state index in [-0.39, 0.29) is 23.1 Å². The number of carbonyl (C=O) groups excluding carboxylic acids is 1. The topological polar surface area (TPSA) is 87.7 Å². The molecule has 2 aromatic rings. The third kappa shape index (κ3) is 6.14. The number of halogens is 2. The van der Waals surface area contributed by atoms with Gasteiger partial charge in [0.2, 0.25) is 15.9 Å². The van der Waals surface area contributed by atoms with Crippen LogP contribution >= 0.6 is 0 Å². The third-order valence-corrected chi connectivity index (χ3v) is 6.86. The number of piperidine rings is 1. The number of carbonyl (C=O) groups is 1. The molecule has 1 saturated heterocycles. The maximum Gasteiger partial charge on any atom is 0.387 e. The Morgan fingerprint density at radius 2 is 1.77 bits per heavy atom. The van der Waals surface area contributed by atoms with Gasteiger partial charge in [-0.25, -0.2) is 8.42 Å². The van der Waals surface area contributed by atoms with E-state index in [0.29, 0.717) is 24.5 Å². The number of rotatable bonds is 8. The summed E-state index contributed by atoms with van der Waals surface area (Å²) in [4.78, 5) is 12.5. The lowest BCUT2D eigenvalue weighted by atomic mass is 10.2. The first-order chi connectivity index (χ1) is 14.8. The maximum absolute atomic E-state index is 12.9. The SMILES string of the molecule is Cc1ccc(S(=O)(=O)N2CCCCC2)cc1NC(=O)CNc1ccc(OC(F)F)cc1. The number of benzene rings is 2. The lowest BCUT2D eigenvalue weighted by Gasteiger charge is -2.26. The Labute approximate surface area is 180 Å². The van der Waals surface area contributed by atoms with E-state index in [0.717, 1.165) is 24.8 Å². The van der Waals surface area contributed by atoms with Crippen LogP contribution in [-0.2, 0) is 14.8 Å². The van der Waals surface area contributed by atoms with Crippen molar-refractivity contribution in [3.8, 4) is 5.75 Å². The first-order valence-corrected chi connectivity index (χ1v) is 11.4. The molecule has 1 heterocycles. The van der Waals surface area contributed by atoms with Gasteiger partial charge in [0, 0.05) is 24.5 Å². The minimum absolute atomic E-state index is 0.0207. The number of alkyl halides is 2. The van der Waals surface area contributed by atoms with Gasteiger partial charge in [-0.05, 0) is 61.7 Å². The summed E-state index contributed by atoms with van der Waals surface area (Å²) in [5, 5.41) is 5.60. The fourth-order valence-electron chi connectivity index (χ4n) is 3.28. The maximum atomic E-state index is 12.9. The second kappa shape index (κ2) is 10.1. The van der Waals surface area contributed by atoms with E-state index in [1.807, 2.05) is 0 Å². The van der Waals surface area contributed by atoms with Crippen LogP contribution in [-0.4, -0.2) is 44.9 Å². The van der Waals surface area contributed by atoms with E-state index < -0.39 is 16.6 Å². The Morgan fingerprint density at radius 3 is 2.42 bits per heavy atom. The summed E-state index contributed by atoms with van der Waals surface area (Å²) < 4.78 is 55.9. The van der Waals surface area contributed by atoms with Crippen LogP contribution in [0.1, 0.15) is 24.8 Å². The fourth-order valence-corrected chi connectivity index (χ4v) is 4.83. The number of nitrogens with one attached hydrogen (secondary N) is 2. The highest BCUT2D eigenvalue weighted by molar-refractivity contribution is 7.89. The van der Waals surface area contributed by atoms with E-state index in [4.69, 9.17) is 0 Å². The monoisotopic (exact) mass is 453 g/mol. The average Bonchev–Trinajstić information content (AvgIpc) is 2.75. The Bertz CT molecular complexity index is 1010. The first-order valence-electron chi connectivity index (χ1n) is 9.95. The Hall–Kier alpha value is -2.72. The minimum atomic E-state index is -3.60. The van der Waals surface area contributed by atoms with Crippen LogP contribution in [0.4, 0.5) is 20.2 Å². The van der Waals surface area contributed by atoms with Crippen molar-refractivity contribution in [2.45, 2.75) is 37.7 Å². The molecule has 2 aromatic carbocycles. The van der Waals surface area contributed by atoms with Crippen molar-refractivity contribution in [1.29, 1.82) is 0 Å². The highest BCUT2D eigenvalue weighted by Gasteiger charge is 2.26. The number of hydrogen-bond acceptors (Lipinski definition) is 5. The first kappa shape index (κ1) is 23.0. The van der Waals surface area contributed by atoms with Crippen LogP contribution in [0.25, 0.3) is 0 Å². The van der Waals surface area contributed by atoms with Gasteiger partial charge in [-0.1, -0.05) is 12.5 Å². The van der Waals surface area contributed by atoms with Gasteiger partial charge in [-0.3, -0.25) is 4.79 Å². The highest BCUT2D eigenvalue weighted by Crippen LogP contribution is 2.25. The van der Waals surface area contributed by atoms with Gasteiger partial charge >= 0.3 is 6.61 Å². The Kier molecular flexibility index (Phi) is 7.45. The molecular weight excluding hydrogens is 428 g/mol. The smallest absolute Gasteiger partial charge is 0.387 e. The number of amides is 1. The largest absolute Gasteiger partial charge is 0.435 e. The molecular formula is C21H25F2N3O4S. The van der Waals surface area contributed by atoms with Gasteiger partial charge in [0.05, 0.1) is 11.4 Å². The Morgan fingerprint density at radius 1 is 1.10 bits per heavy atom. The molecule has 0 aromatic heterocycles. The van der Waals surface area contributed by atoms with Crippen LogP contribution in [0.15, 0.2) is 47.4 Å². The number of nitrogens with zero attached hydrogens (tertiary/aromatic N) is 1. The molecule has 0 aliphatic carbocycles. The summed E-state index contributed by atoms with van der Waals surface area (Å²) in [7, 11) is -3.60. The van der Waals surface area contributed by atoms with E-state index in [2.05, 4.69) is 15.4 Å². The standard InChI is InChI=1S/C21H25F2N3O4S/c1-15-5-10-18(31(28,29)26-11-3-2-4-12-26)13-19(15)25-20(27)14-24-16-6-8-17(9-7-16)30-21(22)23/h5-10,13,21,24H,2-4,11-12,14H2,1H3,(H,25,27). The zero-order valence-electron chi connectivity index (χ0n) is 17.1. The highest BCUT2D eigenvalue weighted by atomic mass is 32.2. The van der Waals surface area contributed by atoms with Gasteiger partial charge in [-0.2, -0.15) is 13.1 Å². The number of anilines is 2. The zero-order chi connectivity index (χ0) is 22.4. The molecule has 0 bridgehead atoms. The van der Waals surface area contributed by atoms with Crippen LogP contribution in [0.3, 0.4) is 0 Å². The summed E-state index contributed by atoms with van der Waals surface area (Å²) in [5.74, 6) is -0.351. The van der Waals surface area contributed by atoms with Gasteiger partial charge in [0.15, 0.2) is 0 Å². The van der Waals surface area contributed by atoms with E-state index in [1.54, 1.807) is 19.1 Å². The van der Waals surface area contributed by atoms with E-state index >= 15 is 0 Å². The van der Waals surface area contributed by atoms with Crippen LogP contribution in [0.5, 0.6) is 5.75 Å². The summed E-state index contributed by atoms with van der Waals surface area (Å²) in [6, 6.07) is 10.5. The normalized spacial score (nSPS) is 15.0. The van der Waals surface area contributed by atoms with Crippen molar-refractivity contribution in [3.05, 3.63) is 48.0 Å². The van der Waals surface area contributed by atoms with Crippen molar-refractivity contribution in [3.63, 3.8) is 0 Å². The van der Waals surface area contributed by atoms with Crippen molar-refractivity contribution in [2.24, 2.45) is 0 Å². The summed E-state index contributed by atoms with van der Waals surface area (Å²) >= 11 is 0. The summed E-state index contributed by atoms with van der Waals surface area (Å²) in [5.41, 5.74) is 1.71. The molecule has 1 aliphatic heterocycles. The quantitative estimate of drug-likeness (QED) is 0.635. The number of ether oxygens (including phenoxy) is 1. The molecule has 1 aliphatic rings. The summed E-state index contributed by atoms with van der Waals surface area (Å²) in [6.07, 6.45) is 2.71. The van der Waals surface area contributed by atoms with E-state index in [1.165, 1.54) is 34.6 Å². The van der Waals surface area contributed by atoms with Crippen molar-refractivity contribution in [1.82, 2.24) is 4.31 Å². The van der Waals surface area contributed by atoms with Crippen LogP contribution in [0, 0.1) is 6.92 Å². The van der Waals surface area contributed by atoms with Gasteiger partial charge in [-0.15, -0.1) is 0 Å². The number of sulfonamides is 1. The van der Waals surface area contributed by atoms with Gasteiger partial charge in [0.25, 0.3) is 0 Å². The second-order valence-electron chi connectivity index (χ2n) is 7.25. The molecule has 10 heteroatoms. The predicted molar refractivity (Wildman–Crippen MR) is 114 cm³/mol. The molecule has 31 heavy (non-hydrogen) atoms. The van der Waals surface area contributed by atoms with Gasteiger partial charge in [0.1, 0.15) is 5.75 Å². The molecule has 0 spiro atoms. The molecule has 3 rings (SSSR count). The zero-order valence-corrected chi connectivity index (χ0v) is 17.9. The third-order valence-electron chi connectivity index (χ3n) is 4.97. The van der Waals surface area contributed by atoms with Crippen molar-refractivity contribution in [2.75, 3.05) is 30.3 Å². The number of hydrogen-bond donors (Lipinski definition) is 2. The molecule has 0 atom stereocenters. The molecule has 1 amide bonds. The molecule has 1 fully saturated rings. The number of aryl methyl sites for hydroxylation is 1. The molecule has 0 unspecified atom stereocenters. The lowest BCUT2D eigenvalue weighted by molar-refractivity contribution is -0.114. The molecule has 0 radical (unpaired) electrons. The molecule has 0 saturated carbocycles. The predicted octanol–water partition coefficient (Wildman–Crippen LogP) is 3.82. The second-order valence-corrected chi connectivity index (χ2v) is 9.18.